The molecule has 0 aromatic heterocycles. The molecule has 6 fully saturated rings. The average Bonchev–Trinajstić information content (AvgIpc) is 2.73. The highest BCUT2D eigenvalue weighted by atomic mass is 15.2. The van der Waals surface area contributed by atoms with Gasteiger partial charge in [0.2, 0.25) is 0 Å². The second-order valence-electron chi connectivity index (χ2n) is 8.68. The van der Waals surface area contributed by atoms with Gasteiger partial charge >= 0.3 is 0 Å². The fourth-order valence-corrected chi connectivity index (χ4v) is 7.55. The molecule has 8 atom stereocenters. The van der Waals surface area contributed by atoms with Gasteiger partial charge in [-0.2, -0.15) is 0 Å². The van der Waals surface area contributed by atoms with Gasteiger partial charge in [-0.3, -0.25) is 16.1 Å². The van der Waals surface area contributed by atoms with Crippen LogP contribution in [-0.4, -0.2) is 25.0 Å². The van der Waals surface area contributed by atoms with Crippen LogP contribution in [-0.2, 0) is 0 Å². The summed E-state index contributed by atoms with van der Waals surface area (Å²) in [5, 5.41) is 25.1. The number of guanidine groups is 2. The molecule has 2 bridgehead atoms. The summed E-state index contributed by atoms with van der Waals surface area (Å²) in [5.74, 6) is 8.03. The number of unbranched alkanes of at least 4 members (excludes halogenated alkanes) is 3. The molecule has 5 nitrogen and oxygen atoms in total. The van der Waals surface area contributed by atoms with Crippen LogP contribution in [0.3, 0.4) is 0 Å². The normalized spacial score (nSPS) is 48.3. The minimum Gasteiger partial charge on any atom is -0.356 e. The first-order chi connectivity index (χ1) is 11.2. The first-order valence-electron chi connectivity index (χ1n) is 9.61. The van der Waals surface area contributed by atoms with E-state index < -0.39 is 0 Å². The third-order valence-electron chi connectivity index (χ3n) is 8.10. The van der Waals surface area contributed by atoms with Crippen molar-refractivity contribution < 1.29 is 0 Å². The van der Waals surface area contributed by atoms with Gasteiger partial charge in [0.05, 0.1) is 0 Å². The molecule has 0 saturated heterocycles. The summed E-state index contributed by atoms with van der Waals surface area (Å²) in [6.07, 6.45) is 6.23. The van der Waals surface area contributed by atoms with Crippen molar-refractivity contribution in [3.63, 3.8) is 0 Å². The lowest BCUT2D eigenvalue weighted by Gasteiger charge is -2.87. The quantitative estimate of drug-likeness (QED) is 0.283. The van der Waals surface area contributed by atoms with Gasteiger partial charge in [-0.15, -0.1) is 0 Å². The van der Waals surface area contributed by atoms with E-state index in [1.807, 2.05) is 0 Å². The highest BCUT2D eigenvalue weighted by Crippen LogP contribution is 2.98. The molecule has 0 radical (unpaired) electrons. The maximum atomic E-state index is 8.05. The monoisotopic (exact) mass is 315 g/mol. The minimum absolute atomic E-state index is 0.255. The molecular formula is C18H29N5. The first kappa shape index (κ1) is 14.1. The van der Waals surface area contributed by atoms with Crippen molar-refractivity contribution in [2.75, 3.05) is 13.1 Å². The molecular weight excluding hydrogens is 286 g/mol. The van der Waals surface area contributed by atoms with E-state index in [0.29, 0.717) is 11.4 Å². The molecule has 6 aliphatic carbocycles. The zero-order chi connectivity index (χ0) is 15.8. The number of hydrogen-bond donors (Lipinski definition) is 5. The van der Waals surface area contributed by atoms with Crippen LogP contribution < -0.4 is 16.0 Å². The second-order valence-corrected chi connectivity index (χ2v) is 8.68. The molecule has 126 valence electrons. The molecule has 6 aliphatic rings. The predicted molar refractivity (Wildman–Crippen MR) is 90.2 cm³/mol. The molecule has 0 heterocycles. The van der Waals surface area contributed by atoms with Crippen molar-refractivity contribution >= 4 is 11.9 Å². The lowest BCUT2D eigenvalue weighted by atomic mass is 9.17. The van der Waals surface area contributed by atoms with Crippen molar-refractivity contribution in [1.82, 2.24) is 16.0 Å². The van der Waals surface area contributed by atoms with Crippen LogP contribution in [0.5, 0.6) is 0 Å². The lowest BCUT2D eigenvalue weighted by molar-refractivity contribution is -0.409. The molecule has 0 amide bonds. The Hall–Kier alpha value is -1.26. The standard InChI is InChI=1S/C18H29N5/c1-2-3-4-5-6-21-16(19)23-17(20)22-8-18-7-9-10-12-11(9)15(18)13(12)14(10)18/h9-15H,2-8H2,1H3,(H5,19,20,21,22,23)/t9?,10-,11?,12-,13+,14-,15?,18?/m1/s1. The zero-order valence-electron chi connectivity index (χ0n) is 14.0. The number of hydrogen-bond acceptors (Lipinski definition) is 2. The Balaban J connectivity index is 1.03. The van der Waals surface area contributed by atoms with Gasteiger partial charge in [0.15, 0.2) is 11.9 Å². The van der Waals surface area contributed by atoms with Gasteiger partial charge in [0, 0.05) is 13.1 Å². The summed E-state index contributed by atoms with van der Waals surface area (Å²) < 4.78 is 0. The maximum Gasteiger partial charge on any atom is 0.195 e. The van der Waals surface area contributed by atoms with Crippen LogP contribution in [0.2, 0.25) is 0 Å². The molecule has 0 spiro atoms. The van der Waals surface area contributed by atoms with Gasteiger partial charge in [-0.05, 0) is 59.7 Å². The fourth-order valence-electron chi connectivity index (χ4n) is 7.55. The van der Waals surface area contributed by atoms with E-state index in [-0.39, 0.29) is 5.96 Å². The van der Waals surface area contributed by atoms with Crippen molar-refractivity contribution in [2.45, 2.75) is 39.0 Å². The Morgan fingerprint density at radius 3 is 2.39 bits per heavy atom. The Kier molecular flexibility index (Phi) is 2.85. The molecule has 6 rings (SSSR count). The largest absolute Gasteiger partial charge is 0.356 e. The molecule has 6 saturated carbocycles. The van der Waals surface area contributed by atoms with Gasteiger partial charge in [-0.1, -0.05) is 26.2 Å². The predicted octanol–water partition coefficient (Wildman–Crippen LogP) is 1.96. The molecule has 5 N–H and O–H groups in total. The van der Waals surface area contributed by atoms with Crippen LogP contribution in [0.1, 0.15) is 39.0 Å². The van der Waals surface area contributed by atoms with E-state index in [2.05, 4.69) is 22.9 Å². The molecule has 0 aromatic rings. The highest BCUT2D eigenvalue weighted by Gasteiger charge is 2.95. The molecule has 23 heavy (non-hydrogen) atoms. The minimum atomic E-state index is 0.255. The highest BCUT2D eigenvalue weighted by molar-refractivity contribution is 5.95. The van der Waals surface area contributed by atoms with Crippen LogP contribution in [0, 0.1) is 57.7 Å². The van der Waals surface area contributed by atoms with Crippen molar-refractivity contribution in [3.05, 3.63) is 0 Å². The molecule has 0 aliphatic heterocycles. The molecule has 0 aromatic carbocycles. The summed E-state index contributed by atoms with van der Waals surface area (Å²) in [7, 11) is 0. The average molecular weight is 315 g/mol. The van der Waals surface area contributed by atoms with Crippen molar-refractivity contribution in [1.29, 1.82) is 10.8 Å². The van der Waals surface area contributed by atoms with Crippen LogP contribution >= 0.6 is 0 Å². The Morgan fingerprint density at radius 2 is 1.70 bits per heavy atom. The van der Waals surface area contributed by atoms with Crippen molar-refractivity contribution in [3.8, 4) is 0 Å². The Labute approximate surface area is 138 Å². The van der Waals surface area contributed by atoms with E-state index in [4.69, 9.17) is 10.8 Å². The van der Waals surface area contributed by atoms with Gasteiger partial charge in [-0.25, -0.2) is 0 Å². The van der Waals surface area contributed by atoms with Gasteiger partial charge < -0.3 is 10.6 Å². The van der Waals surface area contributed by atoms with E-state index >= 15 is 0 Å². The fraction of sp³-hybridized carbons (Fsp3) is 0.889. The van der Waals surface area contributed by atoms with Crippen molar-refractivity contribution in [2.24, 2.45) is 46.8 Å². The van der Waals surface area contributed by atoms with E-state index in [0.717, 1.165) is 60.9 Å². The number of nitrogens with one attached hydrogen (secondary N) is 5. The third-order valence-corrected chi connectivity index (χ3v) is 8.10. The van der Waals surface area contributed by atoms with Crippen LogP contribution in [0.4, 0.5) is 0 Å². The summed E-state index contributed by atoms with van der Waals surface area (Å²) in [4.78, 5) is 0. The van der Waals surface area contributed by atoms with Gasteiger partial charge in [0.1, 0.15) is 0 Å². The first-order valence-corrected chi connectivity index (χ1v) is 9.61. The maximum absolute atomic E-state index is 8.05. The lowest BCUT2D eigenvalue weighted by Crippen LogP contribution is -2.86. The summed E-state index contributed by atoms with van der Waals surface area (Å²) in [6.45, 7) is 3.99. The summed E-state index contributed by atoms with van der Waals surface area (Å²) >= 11 is 0. The summed E-state index contributed by atoms with van der Waals surface area (Å²) in [5.41, 5.74) is 0.545. The topological polar surface area (TPSA) is 83.8 Å². The van der Waals surface area contributed by atoms with Crippen LogP contribution in [0.15, 0.2) is 0 Å². The number of rotatable bonds is 7. The van der Waals surface area contributed by atoms with Gasteiger partial charge in [0.25, 0.3) is 0 Å². The Bertz CT molecular complexity index is 538. The molecule has 4 unspecified atom stereocenters. The SMILES string of the molecule is CCCCCCNC(=N)NC(=N)NCC12CC3C4C1[C@H]1[C@@H]4[C@@H]3[C@H]12. The smallest absolute Gasteiger partial charge is 0.195 e. The molecule has 5 heteroatoms. The Morgan fingerprint density at radius 1 is 0.957 bits per heavy atom. The van der Waals surface area contributed by atoms with E-state index in [1.54, 1.807) is 0 Å². The zero-order valence-corrected chi connectivity index (χ0v) is 14.0. The van der Waals surface area contributed by atoms with E-state index in [9.17, 15) is 0 Å². The van der Waals surface area contributed by atoms with E-state index in [1.165, 1.54) is 25.7 Å². The third kappa shape index (κ3) is 1.54. The van der Waals surface area contributed by atoms with Crippen LogP contribution in [0.25, 0.3) is 0 Å². The summed E-state index contributed by atoms with van der Waals surface area (Å²) in [6, 6.07) is 0. The second kappa shape index (κ2) is 4.64.